The number of fused-ring (bicyclic) bond motifs is 1. The van der Waals surface area contributed by atoms with Crippen molar-refractivity contribution in [3.63, 3.8) is 0 Å². The van der Waals surface area contributed by atoms with Crippen LogP contribution in [0.5, 0.6) is 0 Å². The van der Waals surface area contributed by atoms with Crippen LogP contribution in [0.25, 0.3) is 0 Å². The topological polar surface area (TPSA) is 91.7 Å². The summed E-state index contributed by atoms with van der Waals surface area (Å²) in [5.41, 5.74) is 1.39. The number of carbonyl (C=O) groups is 3. The fraction of sp³-hybridized carbons (Fsp3) is 0.188. The van der Waals surface area contributed by atoms with Gasteiger partial charge in [-0.15, -0.1) is 0 Å². The summed E-state index contributed by atoms with van der Waals surface area (Å²) in [5, 5.41) is 4.91. The zero-order valence-corrected chi connectivity index (χ0v) is 12.4. The third-order valence-electron chi connectivity index (χ3n) is 3.67. The first-order chi connectivity index (χ1) is 11.1. The number of nitrogens with zero attached hydrogens (tertiary/aromatic N) is 1. The van der Waals surface area contributed by atoms with Gasteiger partial charge in [0.05, 0.1) is 12.8 Å². The van der Waals surface area contributed by atoms with E-state index < -0.39 is 17.9 Å². The zero-order chi connectivity index (χ0) is 16.4. The van der Waals surface area contributed by atoms with Crippen molar-refractivity contribution < 1.29 is 18.8 Å². The van der Waals surface area contributed by atoms with Crippen LogP contribution in [0.15, 0.2) is 47.1 Å². The molecular weight excluding hydrogens is 298 g/mol. The molecule has 1 aromatic carbocycles. The van der Waals surface area contributed by atoms with Gasteiger partial charge in [0.15, 0.2) is 0 Å². The van der Waals surface area contributed by atoms with Gasteiger partial charge in [-0.25, -0.2) is 0 Å². The van der Waals surface area contributed by atoms with Crippen molar-refractivity contribution in [3.05, 3.63) is 54.0 Å². The van der Waals surface area contributed by atoms with Crippen LogP contribution in [-0.4, -0.2) is 24.8 Å². The van der Waals surface area contributed by atoms with Crippen molar-refractivity contribution in [2.24, 2.45) is 0 Å². The first-order valence-electron chi connectivity index (χ1n) is 7.05. The predicted octanol–water partition coefficient (Wildman–Crippen LogP) is 0.730. The van der Waals surface area contributed by atoms with Gasteiger partial charge in [0.25, 0.3) is 5.91 Å². The number of hydrogen-bond donors (Lipinski definition) is 2. The first kappa shape index (κ1) is 14.8. The molecular formula is C16H15N3O4. The summed E-state index contributed by atoms with van der Waals surface area (Å²) in [4.78, 5) is 37.5. The van der Waals surface area contributed by atoms with E-state index in [0.717, 1.165) is 5.69 Å². The van der Waals surface area contributed by atoms with Gasteiger partial charge < -0.3 is 20.0 Å². The Hall–Kier alpha value is -3.09. The Morgan fingerprint density at radius 1 is 1.17 bits per heavy atom. The third kappa shape index (κ3) is 2.80. The maximum atomic E-state index is 12.2. The number of benzene rings is 1. The van der Waals surface area contributed by atoms with Gasteiger partial charge in [0.2, 0.25) is 0 Å². The highest BCUT2D eigenvalue weighted by molar-refractivity contribution is 6.35. The Bertz CT molecular complexity index is 754. The minimum atomic E-state index is -0.861. The van der Waals surface area contributed by atoms with Crippen LogP contribution in [0, 0.1) is 0 Å². The van der Waals surface area contributed by atoms with Crippen molar-refractivity contribution in [1.82, 2.24) is 10.6 Å². The average Bonchev–Trinajstić information content (AvgIpc) is 3.16. The highest BCUT2D eigenvalue weighted by Crippen LogP contribution is 2.34. The van der Waals surface area contributed by atoms with E-state index in [1.165, 1.54) is 11.2 Å². The molecule has 1 aliphatic heterocycles. The summed E-state index contributed by atoms with van der Waals surface area (Å²) >= 11 is 0. The van der Waals surface area contributed by atoms with Crippen LogP contribution in [0.2, 0.25) is 0 Å². The van der Waals surface area contributed by atoms with E-state index in [4.69, 9.17) is 4.42 Å². The molecule has 1 aliphatic rings. The van der Waals surface area contributed by atoms with Crippen molar-refractivity contribution in [1.29, 1.82) is 0 Å². The van der Waals surface area contributed by atoms with Crippen molar-refractivity contribution >= 4 is 23.4 Å². The minimum absolute atomic E-state index is 0.106. The molecule has 0 radical (unpaired) electrons. The minimum Gasteiger partial charge on any atom is -0.467 e. The van der Waals surface area contributed by atoms with Crippen LogP contribution in [0.3, 0.4) is 0 Å². The van der Waals surface area contributed by atoms with Gasteiger partial charge in [-0.2, -0.15) is 0 Å². The molecule has 3 rings (SSSR count). The molecule has 1 unspecified atom stereocenters. The van der Waals surface area contributed by atoms with Crippen LogP contribution in [0.4, 0.5) is 5.69 Å². The van der Waals surface area contributed by atoms with E-state index in [1.54, 1.807) is 37.4 Å². The number of nitrogens with one attached hydrogen (secondary N) is 2. The smallest absolute Gasteiger partial charge is 0.310 e. The molecule has 1 aromatic heterocycles. The normalized spacial score (nSPS) is 16.1. The molecule has 7 heteroatoms. The summed E-state index contributed by atoms with van der Waals surface area (Å²) in [7, 11) is 1.63. The SMILES string of the molecule is CN1C(=O)C(NC(=O)C(=O)NCc2ccco2)c2ccccc21. The molecule has 0 saturated carbocycles. The number of hydrogen-bond acceptors (Lipinski definition) is 4. The predicted molar refractivity (Wildman–Crippen MR) is 81.3 cm³/mol. The Balaban J connectivity index is 1.66. The highest BCUT2D eigenvalue weighted by atomic mass is 16.3. The van der Waals surface area contributed by atoms with Crippen LogP contribution < -0.4 is 15.5 Å². The molecule has 2 aromatic rings. The number of carbonyl (C=O) groups excluding carboxylic acids is 3. The van der Waals surface area contributed by atoms with Crippen molar-refractivity contribution in [2.75, 3.05) is 11.9 Å². The van der Waals surface area contributed by atoms with Crippen molar-refractivity contribution in [3.8, 4) is 0 Å². The lowest BCUT2D eigenvalue weighted by Crippen LogP contribution is -2.43. The largest absolute Gasteiger partial charge is 0.467 e. The van der Waals surface area contributed by atoms with E-state index >= 15 is 0 Å². The summed E-state index contributed by atoms with van der Waals surface area (Å²) in [6, 6.07) is 9.65. The van der Waals surface area contributed by atoms with E-state index in [1.807, 2.05) is 6.07 Å². The molecule has 0 spiro atoms. The Labute approximate surface area is 132 Å². The van der Waals surface area contributed by atoms with E-state index in [9.17, 15) is 14.4 Å². The molecule has 0 bridgehead atoms. The van der Waals surface area contributed by atoms with Gasteiger partial charge in [0, 0.05) is 18.3 Å². The highest BCUT2D eigenvalue weighted by Gasteiger charge is 2.36. The fourth-order valence-corrected chi connectivity index (χ4v) is 2.48. The molecule has 7 nitrogen and oxygen atoms in total. The Kier molecular flexibility index (Phi) is 3.84. The molecule has 23 heavy (non-hydrogen) atoms. The molecule has 0 aliphatic carbocycles. The van der Waals surface area contributed by atoms with E-state index in [0.29, 0.717) is 11.3 Å². The molecule has 0 fully saturated rings. The number of para-hydroxylation sites is 1. The van der Waals surface area contributed by atoms with Gasteiger partial charge in [-0.05, 0) is 18.2 Å². The quantitative estimate of drug-likeness (QED) is 0.817. The molecule has 2 N–H and O–H groups in total. The second kappa shape index (κ2) is 5.96. The second-order valence-corrected chi connectivity index (χ2v) is 5.12. The van der Waals surface area contributed by atoms with Gasteiger partial charge >= 0.3 is 11.8 Å². The average molecular weight is 313 g/mol. The maximum Gasteiger partial charge on any atom is 0.310 e. The van der Waals surface area contributed by atoms with Gasteiger partial charge in [0.1, 0.15) is 11.8 Å². The Morgan fingerprint density at radius 2 is 1.96 bits per heavy atom. The lowest BCUT2D eigenvalue weighted by Gasteiger charge is -2.12. The van der Waals surface area contributed by atoms with E-state index in [-0.39, 0.29) is 12.5 Å². The Morgan fingerprint density at radius 3 is 2.70 bits per heavy atom. The van der Waals surface area contributed by atoms with Crippen LogP contribution >= 0.6 is 0 Å². The van der Waals surface area contributed by atoms with Gasteiger partial charge in [-0.3, -0.25) is 14.4 Å². The molecule has 2 heterocycles. The molecule has 118 valence electrons. The zero-order valence-electron chi connectivity index (χ0n) is 12.4. The summed E-state index contributed by atoms with van der Waals surface area (Å²) in [5.74, 6) is -1.42. The number of anilines is 1. The summed E-state index contributed by atoms with van der Waals surface area (Å²) < 4.78 is 5.07. The number of amides is 3. The summed E-state index contributed by atoms with van der Waals surface area (Å²) in [6.07, 6.45) is 1.48. The van der Waals surface area contributed by atoms with Crippen LogP contribution in [0.1, 0.15) is 17.4 Å². The lowest BCUT2D eigenvalue weighted by atomic mass is 10.1. The molecule has 3 amide bonds. The first-order valence-corrected chi connectivity index (χ1v) is 7.05. The fourth-order valence-electron chi connectivity index (χ4n) is 2.48. The standard InChI is InChI=1S/C16H15N3O4/c1-19-12-7-3-2-6-11(12)13(16(19)22)18-15(21)14(20)17-9-10-5-4-8-23-10/h2-8,13H,9H2,1H3,(H,17,20)(H,18,21). The maximum absolute atomic E-state index is 12.2. The number of rotatable bonds is 3. The molecule has 1 atom stereocenters. The summed E-state index contributed by atoms with van der Waals surface area (Å²) in [6.45, 7) is 0.106. The van der Waals surface area contributed by atoms with E-state index in [2.05, 4.69) is 10.6 Å². The number of likely N-dealkylation sites (N-methyl/N-ethyl adjacent to an activating group) is 1. The van der Waals surface area contributed by atoms with Crippen molar-refractivity contribution in [2.45, 2.75) is 12.6 Å². The van der Waals surface area contributed by atoms with Gasteiger partial charge in [-0.1, -0.05) is 18.2 Å². The molecule has 0 saturated heterocycles. The van der Waals surface area contributed by atoms with Crippen LogP contribution in [-0.2, 0) is 20.9 Å². The third-order valence-corrected chi connectivity index (χ3v) is 3.67. The number of furan rings is 1. The monoisotopic (exact) mass is 313 g/mol. The second-order valence-electron chi connectivity index (χ2n) is 5.12. The lowest BCUT2D eigenvalue weighted by molar-refractivity contribution is -0.140.